The summed E-state index contributed by atoms with van der Waals surface area (Å²) in [6, 6.07) is 0.363. The van der Waals surface area contributed by atoms with Gasteiger partial charge in [-0.05, 0) is 32.1 Å². The van der Waals surface area contributed by atoms with Crippen molar-refractivity contribution >= 4 is 11.9 Å². The third-order valence-corrected chi connectivity index (χ3v) is 7.34. The lowest BCUT2D eigenvalue weighted by molar-refractivity contribution is -0.180. The molecule has 2 saturated heterocycles. The Kier molecular flexibility index (Phi) is 5.43. The number of carbonyl (C=O) groups excluding carboxylic acids is 2. The van der Waals surface area contributed by atoms with Crippen LogP contribution in [0.2, 0.25) is 0 Å². The first-order valence-electron chi connectivity index (χ1n) is 11.7. The van der Waals surface area contributed by atoms with Crippen LogP contribution in [0.15, 0.2) is 12.4 Å². The van der Waals surface area contributed by atoms with Crippen LogP contribution in [-0.4, -0.2) is 69.6 Å². The largest absolute Gasteiger partial charge is 0.352 e. The van der Waals surface area contributed by atoms with Gasteiger partial charge in [-0.2, -0.15) is 0 Å². The van der Waals surface area contributed by atoms with Crippen LogP contribution in [0.25, 0.3) is 0 Å². The molecule has 1 unspecified atom stereocenters. The first-order chi connectivity index (χ1) is 14.6. The lowest BCUT2D eigenvalue weighted by atomic mass is 9.88. The third-order valence-electron chi connectivity index (χ3n) is 7.34. The van der Waals surface area contributed by atoms with E-state index in [9.17, 15) is 9.59 Å². The molecular formula is C22H33N5O3. The molecule has 0 radical (unpaired) electrons. The van der Waals surface area contributed by atoms with Gasteiger partial charge in [0.2, 0.25) is 0 Å². The second kappa shape index (κ2) is 8.21. The Morgan fingerprint density at radius 1 is 1.00 bits per heavy atom. The van der Waals surface area contributed by atoms with Gasteiger partial charge in [-0.1, -0.05) is 12.8 Å². The molecule has 5 rings (SSSR count). The zero-order valence-electron chi connectivity index (χ0n) is 17.7. The van der Waals surface area contributed by atoms with Crippen molar-refractivity contribution in [1.82, 2.24) is 24.7 Å². The number of ether oxygens (including phenoxy) is 1. The smallest absolute Gasteiger partial charge is 0.317 e. The number of carbonyl (C=O) groups is 2. The topological polar surface area (TPSA) is 79.7 Å². The highest BCUT2D eigenvalue weighted by Crippen LogP contribution is 2.40. The average Bonchev–Trinajstić information content (AvgIpc) is 3.47. The number of fused-ring (bicyclic) bond motifs is 2. The van der Waals surface area contributed by atoms with Crippen molar-refractivity contribution in [2.45, 2.75) is 82.1 Å². The molecule has 1 N–H and O–H groups in total. The van der Waals surface area contributed by atoms with Crippen LogP contribution in [-0.2, 0) is 21.7 Å². The molecule has 4 heterocycles. The lowest BCUT2D eigenvalue weighted by Gasteiger charge is -2.46. The standard InChI is InChI=1S/C22H33N5O3/c28-19(25-11-4-1-5-12-25)18-16-27-15-10-23-20(27)22(30-18)8-13-26(14-9-22)21(29)24-17-6-2-3-7-17/h10,15,17-18H,1-9,11-14,16H2,(H,24,29). The molecule has 1 aliphatic carbocycles. The molecule has 3 amide bonds. The molecule has 0 aromatic carbocycles. The molecule has 3 fully saturated rings. The fourth-order valence-corrected chi connectivity index (χ4v) is 5.59. The van der Waals surface area contributed by atoms with E-state index in [1.165, 1.54) is 19.3 Å². The monoisotopic (exact) mass is 415 g/mol. The molecule has 3 aliphatic heterocycles. The number of hydrogen-bond donors (Lipinski definition) is 1. The summed E-state index contributed by atoms with van der Waals surface area (Å²) in [6.45, 7) is 3.43. The van der Waals surface area contributed by atoms with Crippen molar-refractivity contribution < 1.29 is 14.3 Å². The molecule has 1 aromatic heterocycles. The van der Waals surface area contributed by atoms with E-state index >= 15 is 0 Å². The Bertz CT molecular complexity index is 773. The summed E-state index contributed by atoms with van der Waals surface area (Å²) in [5.74, 6) is 1.01. The number of hydrogen-bond acceptors (Lipinski definition) is 4. The predicted octanol–water partition coefficient (Wildman–Crippen LogP) is 2.24. The van der Waals surface area contributed by atoms with Gasteiger partial charge in [-0.3, -0.25) is 4.79 Å². The Hall–Kier alpha value is -2.09. The summed E-state index contributed by atoms with van der Waals surface area (Å²) in [5, 5.41) is 3.19. The van der Waals surface area contributed by atoms with E-state index in [-0.39, 0.29) is 11.9 Å². The van der Waals surface area contributed by atoms with Crippen LogP contribution < -0.4 is 5.32 Å². The second-order valence-electron chi connectivity index (χ2n) is 9.31. The lowest BCUT2D eigenvalue weighted by Crippen LogP contribution is -2.56. The molecule has 1 atom stereocenters. The van der Waals surface area contributed by atoms with E-state index in [1.54, 1.807) is 6.20 Å². The summed E-state index contributed by atoms with van der Waals surface area (Å²) >= 11 is 0. The van der Waals surface area contributed by atoms with Gasteiger partial charge in [-0.15, -0.1) is 0 Å². The maximum Gasteiger partial charge on any atom is 0.317 e. The molecule has 30 heavy (non-hydrogen) atoms. The van der Waals surface area contributed by atoms with Crippen LogP contribution in [0.5, 0.6) is 0 Å². The highest BCUT2D eigenvalue weighted by Gasteiger charge is 2.48. The van der Waals surface area contributed by atoms with Gasteiger partial charge in [0.25, 0.3) is 5.91 Å². The Morgan fingerprint density at radius 3 is 2.47 bits per heavy atom. The van der Waals surface area contributed by atoms with Gasteiger partial charge >= 0.3 is 6.03 Å². The SMILES string of the molecule is O=C(NC1CCCC1)N1CCC2(CC1)OC(C(=O)N1CCCCC1)Cn1ccnc12. The molecule has 1 spiro atoms. The third kappa shape index (κ3) is 3.70. The minimum Gasteiger partial charge on any atom is -0.352 e. The molecule has 164 valence electrons. The first-order valence-corrected chi connectivity index (χ1v) is 11.7. The minimum atomic E-state index is -0.581. The van der Waals surface area contributed by atoms with Gasteiger partial charge < -0.3 is 24.4 Å². The van der Waals surface area contributed by atoms with Gasteiger partial charge in [0.1, 0.15) is 11.4 Å². The fraction of sp³-hybridized carbons (Fsp3) is 0.773. The van der Waals surface area contributed by atoms with E-state index in [1.807, 2.05) is 16.0 Å². The second-order valence-corrected chi connectivity index (χ2v) is 9.31. The summed E-state index contributed by atoms with van der Waals surface area (Å²) in [4.78, 5) is 34.3. The number of piperidine rings is 2. The number of rotatable bonds is 2. The Balaban J connectivity index is 1.27. The van der Waals surface area contributed by atoms with Crippen molar-refractivity contribution in [3.63, 3.8) is 0 Å². The molecule has 4 aliphatic rings. The van der Waals surface area contributed by atoms with Crippen LogP contribution >= 0.6 is 0 Å². The molecule has 8 heteroatoms. The number of amides is 3. The van der Waals surface area contributed by atoms with Crippen molar-refractivity contribution in [3.8, 4) is 0 Å². The highest BCUT2D eigenvalue weighted by atomic mass is 16.5. The minimum absolute atomic E-state index is 0.0387. The number of nitrogens with zero attached hydrogens (tertiary/aromatic N) is 4. The van der Waals surface area contributed by atoms with Crippen molar-refractivity contribution in [2.24, 2.45) is 0 Å². The summed E-state index contributed by atoms with van der Waals surface area (Å²) in [6.07, 6.45) is 12.6. The Morgan fingerprint density at radius 2 is 1.73 bits per heavy atom. The molecule has 1 saturated carbocycles. The fourth-order valence-electron chi connectivity index (χ4n) is 5.59. The van der Waals surface area contributed by atoms with Crippen LogP contribution in [0, 0.1) is 0 Å². The summed E-state index contributed by atoms with van der Waals surface area (Å²) in [7, 11) is 0. The van der Waals surface area contributed by atoms with E-state index < -0.39 is 11.7 Å². The van der Waals surface area contributed by atoms with Gasteiger partial charge in [0.15, 0.2) is 6.10 Å². The normalized spacial score (nSPS) is 26.6. The molecule has 1 aromatic rings. The van der Waals surface area contributed by atoms with E-state index in [4.69, 9.17) is 4.74 Å². The first kappa shape index (κ1) is 19.8. The number of likely N-dealkylation sites (tertiary alicyclic amines) is 2. The zero-order chi connectivity index (χ0) is 20.6. The maximum atomic E-state index is 13.2. The van der Waals surface area contributed by atoms with E-state index in [0.29, 0.717) is 38.5 Å². The van der Waals surface area contributed by atoms with Crippen molar-refractivity contribution in [3.05, 3.63) is 18.2 Å². The number of nitrogens with one attached hydrogen (secondary N) is 1. The Labute approximate surface area is 177 Å². The number of imidazole rings is 1. The maximum absolute atomic E-state index is 13.2. The summed E-state index contributed by atoms with van der Waals surface area (Å²) < 4.78 is 8.63. The average molecular weight is 416 g/mol. The highest BCUT2D eigenvalue weighted by molar-refractivity contribution is 5.81. The quantitative estimate of drug-likeness (QED) is 0.803. The predicted molar refractivity (Wildman–Crippen MR) is 111 cm³/mol. The van der Waals surface area contributed by atoms with Gasteiger partial charge in [0.05, 0.1) is 6.54 Å². The molecule has 0 bridgehead atoms. The van der Waals surface area contributed by atoms with Crippen molar-refractivity contribution in [1.29, 1.82) is 0 Å². The molecular weight excluding hydrogens is 382 g/mol. The van der Waals surface area contributed by atoms with E-state index in [2.05, 4.69) is 14.9 Å². The van der Waals surface area contributed by atoms with Gasteiger partial charge in [-0.25, -0.2) is 9.78 Å². The zero-order valence-corrected chi connectivity index (χ0v) is 17.7. The molecule has 8 nitrogen and oxygen atoms in total. The van der Waals surface area contributed by atoms with E-state index in [0.717, 1.165) is 44.6 Å². The van der Waals surface area contributed by atoms with Crippen LogP contribution in [0.3, 0.4) is 0 Å². The van der Waals surface area contributed by atoms with Gasteiger partial charge in [0, 0.05) is 57.5 Å². The number of aromatic nitrogens is 2. The van der Waals surface area contributed by atoms with Crippen LogP contribution in [0.1, 0.15) is 63.6 Å². The number of urea groups is 1. The van der Waals surface area contributed by atoms with Crippen molar-refractivity contribution in [2.75, 3.05) is 26.2 Å². The van der Waals surface area contributed by atoms with Crippen LogP contribution in [0.4, 0.5) is 4.79 Å². The summed E-state index contributed by atoms with van der Waals surface area (Å²) in [5.41, 5.74) is -0.581.